The van der Waals surface area contributed by atoms with Crippen molar-refractivity contribution in [2.24, 2.45) is 5.92 Å². The lowest BCUT2D eigenvalue weighted by molar-refractivity contribution is -0.0980. The van der Waals surface area contributed by atoms with Crippen LogP contribution in [0.25, 0.3) is 11.0 Å². The van der Waals surface area contributed by atoms with Gasteiger partial charge in [0, 0.05) is 31.0 Å². The molecule has 1 aliphatic rings. The van der Waals surface area contributed by atoms with Crippen LogP contribution in [0.5, 0.6) is 0 Å². The summed E-state index contributed by atoms with van der Waals surface area (Å²) in [7, 11) is 0. The largest absolute Gasteiger partial charge is 0.449 e. The number of hydrogen-bond acceptors (Lipinski definition) is 6. The molecule has 0 bridgehead atoms. The van der Waals surface area contributed by atoms with E-state index in [-0.39, 0.29) is 24.8 Å². The first-order valence-electron chi connectivity index (χ1n) is 10.9. The number of piperidine rings is 1. The lowest BCUT2D eigenvalue weighted by Crippen LogP contribution is -2.36. The molecule has 1 aromatic carbocycles. The van der Waals surface area contributed by atoms with Gasteiger partial charge >= 0.3 is 0 Å². The minimum absolute atomic E-state index is 0. The minimum Gasteiger partial charge on any atom is -0.449 e. The normalized spacial score (nSPS) is 14.5. The first-order chi connectivity index (χ1) is 15.6. The Morgan fingerprint density at radius 3 is 2.56 bits per heavy atom. The van der Waals surface area contributed by atoms with E-state index in [9.17, 15) is 9.59 Å². The van der Waals surface area contributed by atoms with Gasteiger partial charge in [-0.05, 0) is 56.6 Å². The van der Waals surface area contributed by atoms with Crippen molar-refractivity contribution in [3.63, 3.8) is 0 Å². The standard InChI is InChI=1S/C24H27N3O3.CH2O.H2/c1-2-11-27-12-8-19(9-13-27)23(28)18-5-3-17(4-6-18)15-26-24(29)21-14-20-7-10-25-16-22(20)30-21;1-2;/h3-7,10,14,16,19H,2,8-9,11-13,15H2,1H3,(H,26,29);1H2;1H. The van der Waals surface area contributed by atoms with Crippen LogP contribution in [0.4, 0.5) is 0 Å². The van der Waals surface area contributed by atoms with Crippen LogP contribution in [0.1, 0.15) is 54.1 Å². The Balaban J connectivity index is 0.00000125. The molecule has 1 saturated heterocycles. The first-order valence-corrected chi connectivity index (χ1v) is 10.9. The van der Waals surface area contributed by atoms with Gasteiger partial charge in [0.15, 0.2) is 17.1 Å². The van der Waals surface area contributed by atoms with Crippen LogP contribution in [0.3, 0.4) is 0 Å². The Kier molecular flexibility index (Phi) is 8.27. The number of hydrogen-bond donors (Lipinski definition) is 1. The zero-order valence-corrected chi connectivity index (χ0v) is 18.4. The molecule has 0 unspecified atom stereocenters. The predicted molar refractivity (Wildman–Crippen MR) is 125 cm³/mol. The van der Waals surface area contributed by atoms with E-state index in [1.807, 2.05) is 31.1 Å². The van der Waals surface area contributed by atoms with Crippen LogP contribution in [-0.4, -0.2) is 48.0 Å². The van der Waals surface area contributed by atoms with Gasteiger partial charge in [-0.3, -0.25) is 14.6 Å². The molecule has 1 aliphatic heterocycles. The summed E-state index contributed by atoms with van der Waals surface area (Å²) in [5, 5.41) is 3.71. The lowest BCUT2D eigenvalue weighted by Gasteiger charge is -2.30. The van der Waals surface area contributed by atoms with Gasteiger partial charge in [0.1, 0.15) is 6.79 Å². The molecule has 3 heterocycles. The number of Topliss-reactive ketones (excluding diaryl/α,β-unsaturated/α-hetero) is 1. The van der Waals surface area contributed by atoms with Gasteiger partial charge in [-0.2, -0.15) is 0 Å². The maximum atomic E-state index is 12.8. The summed E-state index contributed by atoms with van der Waals surface area (Å²) >= 11 is 0. The van der Waals surface area contributed by atoms with Crippen molar-refractivity contribution < 1.29 is 20.2 Å². The average Bonchev–Trinajstić information content (AvgIpc) is 3.29. The zero-order chi connectivity index (χ0) is 22.9. The molecular formula is C25H31N3O4. The maximum absolute atomic E-state index is 12.8. The van der Waals surface area contributed by atoms with Gasteiger partial charge in [-0.15, -0.1) is 0 Å². The van der Waals surface area contributed by atoms with Gasteiger partial charge in [-0.25, -0.2) is 0 Å². The van der Waals surface area contributed by atoms with Crippen LogP contribution >= 0.6 is 0 Å². The van der Waals surface area contributed by atoms with Crippen molar-refractivity contribution in [3.05, 3.63) is 65.7 Å². The topological polar surface area (TPSA) is 92.5 Å². The second kappa shape index (κ2) is 11.3. The van der Waals surface area contributed by atoms with Crippen molar-refractivity contribution in [1.29, 1.82) is 0 Å². The Morgan fingerprint density at radius 2 is 1.91 bits per heavy atom. The van der Waals surface area contributed by atoms with E-state index in [4.69, 9.17) is 9.21 Å². The number of nitrogens with one attached hydrogen (secondary N) is 1. The molecule has 4 rings (SSSR count). The Labute approximate surface area is 189 Å². The smallest absolute Gasteiger partial charge is 0.287 e. The predicted octanol–water partition coefficient (Wildman–Crippen LogP) is 4.12. The lowest BCUT2D eigenvalue weighted by atomic mass is 9.88. The number of amides is 1. The third-order valence-corrected chi connectivity index (χ3v) is 5.74. The van der Waals surface area contributed by atoms with Crippen molar-refractivity contribution in [2.45, 2.75) is 32.7 Å². The summed E-state index contributed by atoms with van der Waals surface area (Å²) in [5.41, 5.74) is 2.28. The van der Waals surface area contributed by atoms with Crippen LogP contribution in [0.15, 0.2) is 53.2 Å². The number of furan rings is 1. The molecule has 3 aromatic rings. The molecule has 0 atom stereocenters. The number of nitrogens with zero attached hydrogens (tertiary/aromatic N) is 2. The molecule has 1 fully saturated rings. The number of ketones is 1. The highest BCUT2D eigenvalue weighted by Gasteiger charge is 2.25. The monoisotopic (exact) mass is 437 g/mol. The molecule has 2 aromatic heterocycles. The molecule has 32 heavy (non-hydrogen) atoms. The fourth-order valence-corrected chi connectivity index (χ4v) is 4.02. The van der Waals surface area contributed by atoms with Crippen LogP contribution in [0, 0.1) is 5.92 Å². The molecular weight excluding hydrogens is 406 g/mol. The van der Waals surface area contributed by atoms with E-state index in [0.717, 1.165) is 55.4 Å². The quantitative estimate of drug-likeness (QED) is 0.559. The van der Waals surface area contributed by atoms with Crippen molar-refractivity contribution in [2.75, 3.05) is 19.6 Å². The van der Waals surface area contributed by atoms with Crippen molar-refractivity contribution in [1.82, 2.24) is 15.2 Å². The summed E-state index contributed by atoms with van der Waals surface area (Å²) < 4.78 is 5.54. The number of carbonyl (C=O) groups excluding carboxylic acids is 3. The van der Waals surface area contributed by atoms with E-state index in [2.05, 4.69) is 22.1 Å². The highest BCUT2D eigenvalue weighted by molar-refractivity contribution is 5.98. The SMILES string of the molecule is C=O.CCCN1CCC(C(=O)c2ccc(CNC(=O)c3cc4ccncc4o3)cc2)CC1.[HH]. The third-order valence-electron chi connectivity index (χ3n) is 5.74. The molecule has 170 valence electrons. The summed E-state index contributed by atoms with van der Waals surface area (Å²) in [6.07, 6.45) is 6.28. The summed E-state index contributed by atoms with van der Waals surface area (Å²) in [6, 6.07) is 11.1. The highest BCUT2D eigenvalue weighted by Crippen LogP contribution is 2.22. The van der Waals surface area contributed by atoms with E-state index in [1.54, 1.807) is 24.5 Å². The maximum Gasteiger partial charge on any atom is 0.287 e. The van der Waals surface area contributed by atoms with Crippen molar-refractivity contribution >= 4 is 29.4 Å². The van der Waals surface area contributed by atoms with Gasteiger partial charge in [0.2, 0.25) is 0 Å². The number of likely N-dealkylation sites (tertiary alicyclic amines) is 1. The molecule has 7 nitrogen and oxygen atoms in total. The first kappa shape index (κ1) is 23.3. The molecule has 7 heteroatoms. The average molecular weight is 438 g/mol. The molecule has 1 amide bonds. The second-order valence-corrected chi connectivity index (χ2v) is 7.88. The van der Waals surface area contributed by atoms with Crippen LogP contribution in [-0.2, 0) is 11.3 Å². The Hall–Kier alpha value is -3.32. The second-order valence-electron chi connectivity index (χ2n) is 7.88. The highest BCUT2D eigenvalue weighted by atomic mass is 16.3. The number of carbonyl (C=O) groups is 3. The summed E-state index contributed by atoms with van der Waals surface area (Å²) in [5.74, 6) is 0.341. The number of benzene rings is 1. The van der Waals surface area contributed by atoms with Gasteiger partial charge < -0.3 is 19.4 Å². The molecule has 0 radical (unpaired) electrons. The number of aromatic nitrogens is 1. The molecule has 1 N–H and O–H groups in total. The minimum atomic E-state index is -0.273. The van der Waals surface area contributed by atoms with Crippen LogP contribution in [0.2, 0.25) is 0 Å². The molecule has 0 saturated carbocycles. The fourth-order valence-electron chi connectivity index (χ4n) is 4.02. The van der Waals surface area contributed by atoms with E-state index >= 15 is 0 Å². The van der Waals surface area contributed by atoms with Gasteiger partial charge in [0.05, 0.1) is 6.20 Å². The summed E-state index contributed by atoms with van der Waals surface area (Å²) in [6.45, 7) is 7.69. The number of fused-ring (bicyclic) bond motifs is 1. The summed E-state index contributed by atoms with van der Waals surface area (Å²) in [4.78, 5) is 39.6. The fraction of sp³-hybridized carbons (Fsp3) is 0.360. The van der Waals surface area contributed by atoms with Crippen LogP contribution < -0.4 is 5.32 Å². The van der Waals surface area contributed by atoms with E-state index in [1.165, 1.54) is 0 Å². The molecule has 0 aliphatic carbocycles. The Morgan fingerprint density at radius 1 is 1.19 bits per heavy atom. The number of pyridine rings is 1. The van der Waals surface area contributed by atoms with Gasteiger partial charge in [-0.1, -0.05) is 31.2 Å². The van der Waals surface area contributed by atoms with E-state index < -0.39 is 0 Å². The Bertz CT molecular complexity index is 1010. The van der Waals surface area contributed by atoms with E-state index in [0.29, 0.717) is 12.1 Å². The third kappa shape index (κ3) is 5.68. The number of rotatable bonds is 7. The van der Waals surface area contributed by atoms with Gasteiger partial charge in [0.25, 0.3) is 5.91 Å². The zero-order valence-electron chi connectivity index (χ0n) is 18.4. The molecule has 0 spiro atoms. The van der Waals surface area contributed by atoms with Crippen molar-refractivity contribution in [3.8, 4) is 0 Å².